The molecule has 1 aromatic heterocycles. The Morgan fingerprint density at radius 3 is 2.52 bits per heavy atom. The summed E-state index contributed by atoms with van der Waals surface area (Å²) in [6, 6.07) is 22.5. The lowest BCUT2D eigenvalue weighted by Crippen LogP contribution is -2.12. The van der Waals surface area contributed by atoms with Crippen molar-refractivity contribution >= 4 is 0 Å². The second kappa shape index (κ2) is 8.20. The van der Waals surface area contributed by atoms with E-state index in [0.717, 1.165) is 31.0 Å². The minimum Gasteiger partial charge on any atom is -0.493 e. The summed E-state index contributed by atoms with van der Waals surface area (Å²) in [5.74, 6) is 1.86. The van der Waals surface area contributed by atoms with Crippen LogP contribution in [-0.2, 0) is 19.5 Å². The standard InChI is InChI=1S/C20H21NO2/c1-2-6-17(7-3-1)11-13-23-19-9-4-8-18(14-19)15-21-16-20-10-5-12-22-20/h1-10,12,14,21H,11,13,15-16H2. The third kappa shape index (κ3) is 5.01. The van der Waals surface area contributed by atoms with Crippen molar-refractivity contribution in [2.45, 2.75) is 19.5 Å². The Balaban J connectivity index is 1.45. The summed E-state index contributed by atoms with van der Waals surface area (Å²) in [7, 11) is 0. The maximum Gasteiger partial charge on any atom is 0.119 e. The molecule has 3 rings (SSSR count). The van der Waals surface area contributed by atoms with E-state index in [0.29, 0.717) is 6.61 Å². The minimum atomic E-state index is 0.688. The first-order chi connectivity index (χ1) is 11.4. The molecule has 118 valence electrons. The maximum atomic E-state index is 5.86. The van der Waals surface area contributed by atoms with E-state index in [1.165, 1.54) is 11.1 Å². The lowest BCUT2D eigenvalue weighted by atomic mass is 10.2. The molecule has 0 radical (unpaired) electrons. The van der Waals surface area contributed by atoms with Gasteiger partial charge in [-0.1, -0.05) is 42.5 Å². The fraction of sp³-hybridized carbons (Fsp3) is 0.200. The molecule has 0 aliphatic carbocycles. The van der Waals surface area contributed by atoms with Crippen LogP contribution < -0.4 is 10.1 Å². The van der Waals surface area contributed by atoms with Crippen molar-refractivity contribution in [2.24, 2.45) is 0 Å². The fourth-order valence-electron chi connectivity index (χ4n) is 2.42. The molecule has 0 atom stereocenters. The number of nitrogens with one attached hydrogen (secondary N) is 1. The molecule has 0 aliphatic rings. The van der Waals surface area contributed by atoms with Gasteiger partial charge in [0, 0.05) is 13.0 Å². The summed E-state index contributed by atoms with van der Waals surface area (Å²) in [6.07, 6.45) is 2.61. The second-order valence-corrected chi connectivity index (χ2v) is 5.41. The van der Waals surface area contributed by atoms with Crippen LogP contribution in [0.25, 0.3) is 0 Å². The van der Waals surface area contributed by atoms with Crippen LogP contribution in [0.1, 0.15) is 16.9 Å². The van der Waals surface area contributed by atoms with Crippen molar-refractivity contribution in [2.75, 3.05) is 6.61 Å². The Bertz CT molecular complexity index is 693. The van der Waals surface area contributed by atoms with Gasteiger partial charge >= 0.3 is 0 Å². The number of furan rings is 1. The van der Waals surface area contributed by atoms with Gasteiger partial charge in [-0.3, -0.25) is 0 Å². The monoisotopic (exact) mass is 307 g/mol. The summed E-state index contributed by atoms with van der Waals surface area (Å²) < 4.78 is 11.2. The first kappa shape index (κ1) is 15.4. The Morgan fingerprint density at radius 2 is 1.70 bits per heavy atom. The zero-order valence-electron chi connectivity index (χ0n) is 13.1. The highest BCUT2D eigenvalue weighted by Gasteiger charge is 1.99. The van der Waals surface area contributed by atoms with E-state index in [1.807, 2.05) is 30.3 Å². The summed E-state index contributed by atoms with van der Waals surface area (Å²) >= 11 is 0. The fourth-order valence-corrected chi connectivity index (χ4v) is 2.42. The number of rotatable bonds is 8. The lowest BCUT2D eigenvalue weighted by Gasteiger charge is -2.09. The molecule has 3 nitrogen and oxygen atoms in total. The van der Waals surface area contributed by atoms with E-state index in [1.54, 1.807) is 6.26 Å². The van der Waals surface area contributed by atoms with Crippen molar-refractivity contribution < 1.29 is 9.15 Å². The topological polar surface area (TPSA) is 34.4 Å². The molecule has 0 fully saturated rings. The molecule has 0 amide bonds. The highest BCUT2D eigenvalue weighted by Crippen LogP contribution is 2.14. The maximum absolute atomic E-state index is 5.86. The summed E-state index contributed by atoms with van der Waals surface area (Å²) in [4.78, 5) is 0. The van der Waals surface area contributed by atoms with Gasteiger partial charge in [0.1, 0.15) is 11.5 Å². The van der Waals surface area contributed by atoms with Crippen LogP contribution in [0, 0.1) is 0 Å². The molecule has 3 aromatic rings. The molecule has 0 bridgehead atoms. The molecule has 0 saturated heterocycles. The average Bonchev–Trinajstić information content (AvgIpc) is 3.10. The van der Waals surface area contributed by atoms with E-state index in [2.05, 4.69) is 41.7 Å². The van der Waals surface area contributed by atoms with Crippen molar-refractivity contribution in [1.82, 2.24) is 5.32 Å². The summed E-state index contributed by atoms with van der Waals surface area (Å²) in [5, 5.41) is 3.36. The Kier molecular flexibility index (Phi) is 5.48. The molecule has 2 aromatic carbocycles. The van der Waals surface area contributed by atoms with Crippen LogP contribution in [0.5, 0.6) is 5.75 Å². The van der Waals surface area contributed by atoms with Gasteiger partial charge in [0.15, 0.2) is 0 Å². The SMILES string of the molecule is c1ccc(CCOc2cccc(CNCc3ccco3)c2)cc1. The normalized spacial score (nSPS) is 10.6. The van der Waals surface area contributed by atoms with Crippen molar-refractivity contribution in [3.8, 4) is 5.75 Å². The first-order valence-corrected chi connectivity index (χ1v) is 7.89. The zero-order valence-corrected chi connectivity index (χ0v) is 13.1. The predicted octanol–water partition coefficient (Wildman–Crippen LogP) is 4.19. The van der Waals surface area contributed by atoms with Gasteiger partial charge in [-0.2, -0.15) is 0 Å². The molecule has 0 aliphatic heterocycles. The van der Waals surface area contributed by atoms with Crippen LogP contribution in [0.4, 0.5) is 0 Å². The van der Waals surface area contributed by atoms with Crippen molar-refractivity contribution in [3.05, 3.63) is 89.9 Å². The van der Waals surface area contributed by atoms with Crippen LogP contribution in [0.3, 0.4) is 0 Å². The Labute approximate surface area is 136 Å². The van der Waals surface area contributed by atoms with Gasteiger partial charge in [-0.15, -0.1) is 0 Å². The Hall–Kier alpha value is -2.52. The van der Waals surface area contributed by atoms with Crippen LogP contribution in [-0.4, -0.2) is 6.61 Å². The molecular formula is C20H21NO2. The van der Waals surface area contributed by atoms with Gasteiger partial charge in [-0.25, -0.2) is 0 Å². The first-order valence-electron chi connectivity index (χ1n) is 7.89. The molecule has 1 heterocycles. The smallest absolute Gasteiger partial charge is 0.119 e. The van der Waals surface area contributed by atoms with E-state index in [9.17, 15) is 0 Å². The molecule has 1 N–H and O–H groups in total. The molecule has 0 saturated carbocycles. The quantitative estimate of drug-likeness (QED) is 0.677. The van der Waals surface area contributed by atoms with Gasteiger partial charge in [0.25, 0.3) is 0 Å². The highest BCUT2D eigenvalue weighted by atomic mass is 16.5. The molecule has 0 unspecified atom stereocenters. The molecule has 23 heavy (non-hydrogen) atoms. The highest BCUT2D eigenvalue weighted by molar-refractivity contribution is 5.28. The summed E-state index contributed by atoms with van der Waals surface area (Å²) in [6.45, 7) is 2.20. The van der Waals surface area contributed by atoms with E-state index >= 15 is 0 Å². The van der Waals surface area contributed by atoms with Gasteiger partial charge in [0.05, 0.1) is 19.4 Å². The second-order valence-electron chi connectivity index (χ2n) is 5.41. The van der Waals surface area contributed by atoms with Crippen molar-refractivity contribution in [1.29, 1.82) is 0 Å². The van der Waals surface area contributed by atoms with Gasteiger partial charge in [0.2, 0.25) is 0 Å². The number of ether oxygens (including phenoxy) is 1. The van der Waals surface area contributed by atoms with Crippen molar-refractivity contribution in [3.63, 3.8) is 0 Å². The zero-order chi connectivity index (χ0) is 15.7. The van der Waals surface area contributed by atoms with E-state index in [4.69, 9.17) is 9.15 Å². The lowest BCUT2D eigenvalue weighted by molar-refractivity contribution is 0.321. The third-order valence-corrected chi connectivity index (χ3v) is 3.61. The molecule has 0 spiro atoms. The van der Waals surface area contributed by atoms with E-state index in [-0.39, 0.29) is 0 Å². The van der Waals surface area contributed by atoms with Crippen LogP contribution in [0.2, 0.25) is 0 Å². The van der Waals surface area contributed by atoms with Crippen LogP contribution in [0.15, 0.2) is 77.4 Å². The minimum absolute atomic E-state index is 0.688. The average molecular weight is 307 g/mol. The van der Waals surface area contributed by atoms with Gasteiger partial charge in [-0.05, 0) is 35.4 Å². The Morgan fingerprint density at radius 1 is 0.826 bits per heavy atom. The predicted molar refractivity (Wildman–Crippen MR) is 91.3 cm³/mol. The van der Waals surface area contributed by atoms with Crippen LogP contribution >= 0.6 is 0 Å². The van der Waals surface area contributed by atoms with E-state index < -0.39 is 0 Å². The number of benzene rings is 2. The molecule has 3 heteroatoms. The third-order valence-electron chi connectivity index (χ3n) is 3.61. The largest absolute Gasteiger partial charge is 0.493 e. The number of hydrogen-bond donors (Lipinski definition) is 1. The number of hydrogen-bond acceptors (Lipinski definition) is 3. The van der Waals surface area contributed by atoms with Gasteiger partial charge < -0.3 is 14.5 Å². The summed E-state index contributed by atoms with van der Waals surface area (Å²) in [5.41, 5.74) is 2.50. The molecular weight excluding hydrogens is 286 g/mol.